The highest BCUT2D eigenvalue weighted by atomic mass is 79.9. The van der Waals surface area contributed by atoms with Crippen molar-refractivity contribution in [2.45, 2.75) is 13.8 Å². The third-order valence-corrected chi connectivity index (χ3v) is 3.49. The molecule has 2 aliphatic heterocycles. The second-order valence-corrected chi connectivity index (χ2v) is 6.29. The number of aromatic nitrogens is 1. The van der Waals surface area contributed by atoms with Crippen molar-refractivity contribution in [1.29, 1.82) is 0 Å². The number of urea groups is 1. The summed E-state index contributed by atoms with van der Waals surface area (Å²) in [6, 6.07) is 1.72. The van der Waals surface area contributed by atoms with E-state index in [4.69, 9.17) is 0 Å². The van der Waals surface area contributed by atoms with Crippen LogP contribution in [0.5, 0.6) is 0 Å². The summed E-state index contributed by atoms with van der Waals surface area (Å²) >= 11 is 3.35. The molecule has 0 fully saturated rings. The molecule has 5 nitrogen and oxygen atoms in total. The van der Waals surface area contributed by atoms with Crippen molar-refractivity contribution >= 4 is 33.5 Å². The lowest BCUT2D eigenvalue weighted by Crippen LogP contribution is -2.52. The molecule has 2 amide bonds. The van der Waals surface area contributed by atoms with Gasteiger partial charge in [-0.25, -0.2) is 9.78 Å². The maximum Gasteiger partial charge on any atom is 0.327 e. The van der Waals surface area contributed by atoms with E-state index in [1.54, 1.807) is 11.1 Å². The van der Waals surface area contributed by atoms with E-state index < -0.39 is 0 Å². The molecule has 0 saturated carbocycles. The van der Waals surface area contributed by atoms with Crippen molar-refractivity contribution in [1.82, 2.24) is 9.88 Å². The highest BCUT2D eigenvalue weighted by Gasteiger charge is 2.37. The lowest BCUT2D eigenvalue weighted by molar-refractivity contribution is 0.207. The SMILES string of the molecule is CC1(C)CN=C2c3ncc(Br)cc3NC(=O)N2C1. The van der Waals surface area contributed by atoms with Gasteiger partial charge in [0.25, 0.3) is 0 Å². The molecule has 3 heterocycles. The molecule has 0 unspecified atom stereocenters. The number of hydrogen-bond donors (Lipinski definition) is 1. The van der Waals surface area contributed by atoms with Crippen LogP contribution in [0.15, 0.2) is 21.7 Å². The number of amidine groups is 1. The van der Waals surface area contributed by atoms with Gasteiger partial charge in [0.05, 0.1) is 5.69 Å². The van der Waals surface area contributed by atoms with Crippen LogP contribution in [0.1, 0.15) is 19.5 Å². The number of carbonyl (C=O) groups excluding carboxylic acids is 1. The first-order valence-corrected chi connectivity index (χ1v) is 6.54. The van der Waals surface area contributed by atoms with Crippen molar-refractivity contribution in [2.75, 3.05) is 18.4 Å². The Labute approximate surface area is 113 Å². The van der Waals surface area contributed by atoms with Gasteiger partial charge in [-0.2, -0.15) is 0 Å². The summed E-state index contributed by atoms with van der Waals surface area (Å²) in [5.74, 6) is 0.681. The van der Waals surface area contributed by atoms with Crippen LogP contribution in [0.4, 0.5) is 10.5 Å². The van der Waals surface area contributed by atoms with Crippen molar-refractivity contribution < 1.29 is 4.79 Å². The Bertz CT molecular complexity index is 567. The fourth-order valence-electron chi connectivity index (χ4n) is 2.19. The van der Waals surface area contributed by atoms with Crippen LogP contribution in [0.2, 0.25) is 0 Å². The number of hydrogen-bond acceptors (Lipinski definition) is 3. The fraction of sp³-hybridized carbons (Fsp3) is 0.417. The number of nitrogens with one attached hydrogen (secondary N) is 1. The maximum absolute atomic E-state index is 12.1. The molecule has 0 spiro atoms. The first-order valence-electron chi connectivity index (χ1n) is 5.75. The number of anilines is 1. The van der Waals surface area contributed by atoms with E-state index in [0.717, 1.165) is 10.2 Å². The molecule has 18 heavy (non-hydrogen) atoms. The zero-order valence-electron chi connectivity index (χ0n) is 10.2. The number of amides is 2. The lowest BCUT2D eigenvalue weighted by atomic mass is 9.91. The van der Waals surface area contributed by atoms with Crippen molar-refractivity contribution in [3.8, 4) is 0 Å². The summed E-state index contributed by atoms with van der Waals surface area (Å²) in [5.41, 5.74) is 1.46. The number of aliphatic imine (C=N–C) groups is 1. The average molecular weight is 309 g/mol. The largest absolute Gasteiger partial charge is 0.327 e. The predicted molar refractivity (Wildman–Crippen MR) is 72.8 cm³/mol. The first-order chi connectivity index (χ1) is 8.46. The molecule has 3 rings (SSSR count). The topological polar surface area (TPSA) is 57.6 Å². The molecule has 0 radical (unpaired) electrons. The summed E-state index contributed by atoms with van der Waals surface area (Å²) in [5, 5.41) is 2.85. The third kappa shape index (κ3) is 1.80. The lowest BCUT2D eigenvalue weighted by Gasteiger charge is -2.39. The van der Waals surface area contributed by atoms with Gasteiger partial charge in [0, 0.05) is 29.2 Å². The highest BCUT2D eigenvalue weighted by molar-refractivity contribution is 9.10. The third-order valence-electron chi connectivity index (χ3n) is 3.05. The average Bonchev–Trinajstić information content (AvgIpc) is 2.28. The Morgan fingerprint density at radius 1 is 1.50 bits per heavy atom. The van der Waals surface area contributed by atoms with Crippen LogP contribution >= 0.6 is 15.9 Å². The van der Waals surface area contributed by atoms with Crippen LogP contribution < -0.4 is 5.32 Å². The van der Waals surface area contributed by atoms with E-state index in [1.165, 1.54) is 0 Å². The summed E-state index contributed by atoms with van der Waals surface area (Å²) in [7, 11) is 0. The molecule has 6 heteroatoms. The molecule has 0 aromatic carbocycles. The molecule has 1 N–H and O–H groups in total. The Morgan fingerprint density at radius 2 is 2.28 bits per heavy atom. The molecule has 94 valence electrons. The van der Waals surface area contributed by atoms with Gasteiger partial charge in [-0.05, 0) is 22.0 Å². The van der Waals surface area contributed by atoms with E-state index in [1.807, 2.05) is 6.07 Å². The number of halogens is 1. The van der Waals surface area contributed by atoms with E-state index >= 15 is 0 Å². The van der Waals surface area contributed by atoms with E-state index in [0.29, 0.717) is 24.6 Å². The van der Waals surface area contributed by atoms with Gasteiger partial charge in [0.15, 0.2) is 5.84 Å². The molecule has 0 aliphatic carbocycles. The molecule has 2 aliphatic rings. The van der Waals surface area contributed by atoms with E-state index in [9.17, 15) is 4.79 Å². The summed E-state index contributed by atoms with van der Waals surface area (Å²) < 4.78 is 0.840. The van der Waals surface area contributed by atoms with E-state index in [2.05, 4.69) is 45.1 Å². The van der Waals surface area contributed by atoms with Gasteiger partial charge in [-0.1, -0.05) is 13.8 Å². The number of rotatable bonds is 0. The molecule has 1 aromatic heterocycles. The molecule has 1 aromatic rings. The standard InChI is InChI=1S/C12H13BrN4O/c1-12(2)5-15-10-9-8(3-7(13)4-14-9)16-11(18)17(10)6-12/h3-4H,5-6H2,1-2H3,(H,16,18). The van der Waals surface area contributed by atoms with Gasteiger partial charge < -0.3 is 5.32 Å². The maximum atomic E-state index is 12.1. The van der Waals surface area contributed by atoms with Gasteiger partial charge >= 0.3 is 6.03 Å². The Hall–Kier alpha value is -1.43. The van der Waals surface area contributed by atoms with Crippen molar-refractivity contribution in [3.63, 3.8) is 0 Å². The van der Waals surface area contributed by atoms with E-state index in [-0.39, 0.29) is 11.4 Å². The van der Waals surface area contributed by atoms with Gasteiger partial charge in [0.1, 0.15) is 5.69 Å². The molecular weight excluding hydrogens is 296 g/mol. The van der Waals surface area contributed by atoms with Crippen LogP contribution in [0, 0.1) is 5.41 Å². The van der Waals surface area contributed by atoms with Gasteiger partial charge in [-0.15, -0.1) is 0 Å². The Morgan fingerprint density at radius 3 is 3.06 bits per heavy atom. The Balaban J connectivity index is 2.12. The second kappa shape index (κ2) is 3.78. The Kier molecular flexibility index (Phi) is 2.45. The first kappa shape index (κ1) is 11.6. The van der Waals surface area contributed by atoms with Crippen molar-refractivity contribution in [2.24, 2.45) is 10.4 Å². The minimum Gasteiger partial charge on any atom is -0.305 e. The quantitative estimate of drug-likeness (QED) is 0.800. The van der Waals surface area contributed by atoms with Crippen LogP contribution in [0.3, 0.4) is 0 Å². The fourth-order valence-corrected chi connectivity index (χ4v) is 2.52. The zero-order chi connectivity index (χ0) is 12.9. The number of pyridine rings is 1. The molecule has 0 atom stereocenters. The molecule has 0 bridgehead atoms. The summed E-state index contributed by atoms with van der Waals surface area (Å²) in [4.78, 5) is 22.6. The smallest absolute Gasteiger partial charge is 0.305 e. The number of nitrogens with zero attached hydrogens (tertiary/aromatic N) is 3. The number of carbonyl (C=O) groups is 1. The minimum absolute atomic E-state index is 0.00765. The van der Waals surface area contributed by atoms with Gasteiger partial charge in [0.2, 0.25) is 0 Å². The minimum atomic E-state index is -0.131. The van der Waals surface area contributed by atoms with Gasteiger partial charge in [-0.3, -0.25) is 9.89 Å². The normalized spacial score (nSPS) is 20.7. The van der Waals surface area contributed by atoms with Crippen LogP contribution in [-0.4, -0.2) is 34.8 Å². The predicted octanol–water partition coefficient (Wildman–Crippen LogP) is 2.48. The summed E-state index contributed by atoms with van der Waals surface area (Å²) in [6.07, 6.45) is 1.72. The van der Waals surface area contributed by atoms with Crippen molar-refractivity contribution in [3.05, 3.63) is 22.4 Å². The molecule has 0 saturated heterocycles. The second-order valence-electron chi connectivity index (χ2n) is 5.37. The monoisotopic (exact) mass is 308 g/mol. The van der Waals surface area contributed by atoms with Crippen LogP contribution in [0.25, 0.3) is 0 Å². The summed E-state index contributed by atoms with van der Waals surface area (Å²) in [6.45, 7) is 5.58. The highest BCUT2D eigenvalue weighted by Crippen LogP contribution is 2.31. The molecular formula is C12H13BrN4O. The number of fused-ring (bicyclic) bond motifs is 3. The zero-order valence-corrected chi connectivity index (χ0v) is 11.8. The van der Waals surface area contributed by atoms with Crippen LogP contribution in [-0.2, 0) is 0 Å².